The third kappa shape index (κ3) is 3.08. The largest absolute Gasteiger partial charge is 0.384 e. The molecule has 5 heteroatoms. The van der Waals surface area contributed by atoms with Crippen molar-refractivity contribution < 1.29 is 4.39 Å². The number of hydrogen-bond acceptors (Lipinski definition) is 2. The Labute approximate surface area is 121 Å². The number of rotatable bonds is 4. The van der Waals surface area contributed by atoms with Crippen LogP contribution in [0.25, 0.3) is 0 Å². The van der Waals surface area contributed by atoms with E-state index in [1.165, 1.54) is 25.7 Å². The number of halogens is 2. The van der Waals surface area contributed by atoms with Gasteiger partial charge in [0.05, 0.1) is 10.2 Å². The van der Waals surface area contributed by atoms with Gasteiger partial charge in [-0.25, -0.2) is 4.39 Å². The molecule has 1 aromatic carbocycles. The summed E-state index contributed by atoms with van der Waals surface area (Å²) in [5.41, 5.74) is 6.37. The zero-order chi connectivity index (χ0) is 14.0. The highest BCUT2D eigenvalue weighted by Gasteiger charge is 2.20. The lowest BCUT2D eigenvalue weighted by Gasteiger charge is -2.24. The standard InChI is InChI=1S/C14H19BrFN3/c1-19(8-9-4-2-3-5-9)11-7-6-10(14(17)18)12(15)13(11)16/h6-7,9H,2-5,8H2,1H3,(H3,17,18). The minimum absolute atomic E-state index is 0.129. The third-order valence-electron chi connectivity index (χ3n) is 3.77. The smallest absolute Gasteiger partial charge is 0.161 e. The van der Waals surface area contributed by atoms with E-state index in [0.29, 0.717) is 17.2 Å². The zero-order valence-corrected chi connectivity index (χ0v) is 12.6. The second kappa shape index (κ2) is 5.90. The molecule has 0 aromatic heterocycles. The van der Waals surface area contributed by atoms with Crippen molar-refractivity contribution in [3.63, 3.8) is 0 Å². The van der Waals surface area contributed by atoms with Gasteiger partial charge in [-0.2, -0.15) is 0 Å². The topological polar surface area (TPSA) is 53.1 Å². The molecule has 2 rings (SSSR count). The van der Waals surface area contributed by atoms with E-state index in [1.807, 2.05) is 11.9 Å². The van der Waals surface area contributed by atoms with Crippen LogP contribution in [0.3, 0.4) is 0 Å². The predicted molar refractivity (Wildman–Crippen MR) is 80.3 cm³/mol. The molecule has 3 nitrogen and oxygen atoms in total. The lowest BCUT2D eigenvalue weighted by Crippen LogP contribution is -2.25. The maximum absolute atomic E-state index is 14.3. The molecule has 104 valence electrons. The maximum Gasteiger partial charge on any atom is 0.161 e. The van der Waals surface area contributed by atoms with Gasteiger partial charge < -0.3 is 10.6 Å². The highest BCUT2D eigenvalue weighted by Crippen LogP contribution is 2.31. The van der Waals surface area contributed by atoms with Gasteiger partial charge in [-0.05, 0) is 46.8 Å². The van der Waals surface area contributed by atoms with Gasteiger partial charge in [-0.3, -0.25) is 5.41 Å². The number of anilines is 1. The van der Waals surface area contributed by atoms with Crippen LogP contribution >= 0.6 is 15.9 Å². The van der Waals surface area contributed by atoms with E-state index in [-0.39, 0.29) is 16.1 Å². The van der Waals surface area contributed by atoms with Crippen LogP contribution in [-0.4, -0.2) is 19.4 Å². The lowest BCUT2D eigenvalue weighted by molar-refractivity contribution is 0.538. The molecule has 1 fully saturated rings. The van der Waals surface area contributed by atoms with E-state index < -0.39 is 0 Å². The highest BCUT2D eigenvalue weighted by atomic mass is 79.9. The molecular weight excluding hydrogens is 309 g/mol. The van der Waals surface area contributed by atoms with Crippen LogP contribution in [0.4, 0.5) is 10.1 Å². The van der Waals surface area contributed by atoms with Crippen LogP contribution in [0.1, 0.15) is 31.2 Å². The molecular formula is C14H19BrFN3. The second-order valence-corrected chi connectivity index (χ2v) is 6.00. The van der Waals surface area contributed by atoms with E-state index >= 15 is 0 Å². The Kier molecular flexibility index (Phi) is 4.45. The molecule has 1 saturated carbocycles. The number of hydrogen-bond donors (Lipinski definition) is 2. The predicted octanol–water partition coefficient (Wildman–Crippen LogP) is 3.50. The number of nitrogens with zero attached hydrogens (tertiary/aromatic N) is 1. The summed E-state index contributed by atoms with van der Waals surface area (Å²) in [6.45, 7) is 0.878. The fourth-order valence-electron chi connectivity index (χ4n) is 2.72. The average molecular weight is 328 g/mol. The molecule has 3 N–H and O–H groups in total. The van der Waals surface area contributed by atoms with E-state index in [9.17, 15) is 4.39 Å². The average Bonchev–Trinajstić information content (AvgIpc) is 2.84. The fraction of sp³-hybridized carbons (Fsp3) is 0.500. The van der Waals surface area contributed by atoms with Crippen LogP contribution in [0.5, 0.6) is 0 Å². The van der Waals surface area contributed by atoms with Gasteiger partial charge in [0.2, 0.25) is 0 Å². The Bertz CT molecular complexity index is 484. The van der Waals surface area contributed by atoms with Crippen molar-refractivity contribution in [1.82, 2.24) is 0 Å². The van der Waals surface area contributed by atoms with Crippen molar-refractivity contribution in [1.29, 1.82) is 5.41 Å². The molecule has 0 amide bonds. The van der Waals surface area contributed by atoms with Crippen LogP contribution in [-0.2, 0) is 0 Å². The first-order valence-corrected chi connectivity index (χ1v) is 7.33. The summed E-state index contributed by atoms with van der Waals surface area (Å²) in [6, 6.07) is 3.39. The first-order valence-electron chi connectivity index (χ1n) is 6.54. The van der Waals surface area contributed by atoms with Crippen LogP contribution < -0.4 is 10.6 Å². The summed E-state index contributed by atoms with van der Waals surface area (Å²) in [6.07, 6.45) is 5.04. The SMILES string of the molecule is CN(CC1CCCC1)c1ccc(C(=N)N)c(Br)c1F. The molecule has 0 radical (unpaired) electrons. The molecule has 0 spiro atoms. The molecule has 1 aliphatic rings. The first kappa shape index (κ1) is 14.3. The molecule has 1 aliphatic carbocycles. The van der Waals surface area contributed by atoms with E-state index in [0.717, 1.165) is 6.54 Å². The minimum Gasteiger partial charge on any atom is -0.384 e. The van der Waals surface area contributed by atoms with Crippen molar-refractivity contribution >= 4 is 27.5 Å². The summed E-state index contributed by atoms with van der Waals surface area (Å²) in [5, 5.41) is 7.40. The number of nitrogen functional groups attached to an aromatic ring is 1. The fourth-order valence-corrected chi connectivity index (χ4v) is 3.27. The number of amidine groups is 1. The van der Waals surface area contributed by atoms with Crippen LogP contribution in [0, 0.1) is 17.1 Å². The first-order chi connectivity index (χ1) is 9.00. The molecule has 1 aromatic rings. The third-order valence-corrected chi connectivity index (χ3v) is 4.55. The Morgan fingerprint density at radius 1 is 1.47 bits per heavy atom. The molecule has 0 atom stereocenters. The molecule has 0 unspecified atom stereocenters. The monoisotopic (exact) mass is 327 g/mol. The molecule has 0 heterocycles. The van der Waals surface area contributed by atoms with E-state index in [1.54, 1.807) is 12.1 Å². The number of nitrogens with two attached hydrogens (primary N) is 1. The van der Waals surface area contributed by atoms with Crippen molar-refractivity contribution in [2.24, 2.45) is 11.7 Å². The number of benzene rings is 1. The molecule has 0 bridgehead atoms. The Morgan fingerprint density at radius 2 is 2.11 bits per heavy atom. The highest BCUT2D eigenvalue weighted by molar-refractivity contribution is 9.10. The summed E-state index contributed by atoms with van der Waals surface area (Å²) in [4.78, 5) is 1.96. The number of nitrogens with one attached hydrogen (secondary N) is 1. The molecule has 0 saturated heterocycles. The van der Waals surface area contributed by atoms with Gasteiger partial charge in [-0.1, -0.05) is 12.8 Å². The Morgan fingerprint density at radius 3 is 2.68 bits per heavy atom. The van der Waals surface area contributed by atoms with Gasteiger partial charge in [0.25, 0.3) is 0 Å². The lowest BCUT2D eigenvalue weighted by atomic mass is 10.1. The summed E-state index contributed by atoms with van der Waals surface area (Å²) in [7, 11) is 1.91. The quantitative estimate of drug-likeness (QED) is 0.656. The summed E-state index contributed by atoms with van der Waals surface area (Å²) in [5.74, 6) is 0.194. The van der Waals surface area contributed by atoms with Crippen molar-refractivity contribution in [2.75, 3.05) is 18.5 Å². The van der Waals surface area contributed by atoms with E-state index in [2.05, 4.69) is 15.9 Å². The van der Waals surface area contributed by atoms with E-state index in [4.69, 9.17) is 11.1 Å². The zero-order valence-electron chi connectivity index (χ0n) is 11.0. The van der Waals surface area contributed by atoms with Crippen LogP contribution in [0.2, 0.25) is 0 Å². The molecule has 0 aliphatic heterocycles. The normalized spacial score (nSPS) is 15.7. The van der Waals surface area contributed by atoms with Gasteiger partial charge >= 0.3 is 0 Å². The second-order valence-electron chi connectivity index (χ2n) is 5.20. The summed E-state index contributed by atoms with van der Waals surface area (Å²) < 4.78 is 14.6. The van der Waals surface area contributed by atoms with Gasteiger partial charge in [0.15, 0.2) is 5.82 Å². The Hall–Kier alpha value is -1.10. The van der Waals surface area contributed by atoms with Crippen molar-refractivity contribution in [2.45, 2.75) is 25.7 Å². The minimum atomic E-state index is -0.340. The van der Waals surface area contributed by atoms with Crippen molar-refractivity contribution in [3.05, 3.63) is 28.0 Å². The Balaban J connectivity index is 2.19. The summed E-state index contributed by atoms with van der Waals surface area (Å²) >= 11 is 3.19. The van der Waals surface area contributed by atoms with Crippen molar-refractivity contribution in [3.8, 4) is 0 Å². The molecule has 19 heavy (non-hydrogen) atoms. The van der Waals surface area contributed by atoms with Gasteiger partial charge in [0, 0.05) is 19.2 Å². The maximum atomic E-state index is 14.3. The van der Waals surface area contributed by atoms with Gasteiger partial charge in [-0.15, -0.1) is 0 Å². The van der Waals surface area contributed by atoms with Crippen LogP contribution in [0.15, 0.2) is 16.6 Å². The van der Waals surface area contributed by atoms with Gasteiger partial charge in [0.1, 0.15) is 5.84 Å².